The lowest BCUT2D eigenvalue weighted by atomic mass is 10.2. The molecule has 3 aromatic rings. The van der Waals surface area contributed by atoms with Crippen LogP contribution in [-0.2, 0) is 20.2 Å². The molecule has 0 aliphatic carbocycles. The summed E-state index contributed by atoms with van der Waals surface area (Å²) in [6.45, 7) is 4.29. The van der Waals surface area contributed by atoms with Crippen LogP contribution in [0.15, 0.2) is 41.6 Å². The number of nitrogens with zero attached hydrogens (tertiary/aromatic N) is 4. The number of nitrogens with one attached hydrogen (secondary N) is 1. The minimum Gasteiger partial charge on any atom is -0.490 e. The van der Waals surface area contributed by atoms with Gasteiger partial charge in [0.1, 0.15) is 6.61 Å². The van der Waals surface area contributed by atoms with Crippen molar-refractivity contribution in [1.29, 1.82) is 0 Å². The van der Waals surface area contributed by atoms with Gasteiger partial charge < -0.3 is 14.8 Å². The Hall–Kier alpha value is -1.71. The molecule has 1 N–H and O–H groups in total. The Morgan fingerprint density at radius 1 is 1.10 bits per heavy atom. The fourth-order valence-electron chi connectivity index (χ4n) is 2.65. The molecule has 7 nitrogen and oxygen atoms in total. The third-order valence-corrected chi connectivity index (χ3v) is 5.63. The van der Waals surface area contributed by atoms with Crippen LogP contribution in [0.3, 0.4) is 0 Å². The number of hydrogen-bond donors (Lipinski definition) is 1. The van der Waals surface area contributed by atoms with E-state index >= 15 is 0 Å². The van der Waals surface area contributed by atoms with Crippen LogP contribution in [0.2, 0.25) is 10.0 Å². The second-order valence-electron chi connectivity index (χ2n) is 6.36. The minimum atomic E-state index is 0. The van der Waals surface area contributed by atoms with Gasteiger partial charge in [0.15, 0.2) is 11.5 Å². The summed E-state index contributed by atoms with van der Waals surface area (Å²) in [6, 6.07) is 11.4. The van der Waals surface area contributed by atoms with E-state index in [0.29, 0.717) is 41.3 Å². The normalized spacial score (nSPS) is 10.6. The average Bonchev–Trinajstić information content (AvgIpc) is 3.13. The third kappa shape index (κ3) is 7.73. The molecule has 2 aromatic carbocycles. The molecule has 3 rings (SSSR count). The standard InChI is InChI=1S/C20H23Cl2N5O2S.ClH/c1-3-28-18-11-15(12-23-8-9-30-20-24-25-26-27(20)2)10-17(22)19(18)29-13-14-4-6-16(21)7-5-14;/h4-7,10-11,23H,3,8-9,12-13H2,1-2H3;1H. The van der Waals surface area contributed by atoms with Gasteiger partial charge in [0.25, 0.3) is 0 Å². The molecule has 0 spiro atoms. The second kappa shape index (κ2) is 13.0. The zero-order valence-electron chi connectivity index (χ0n) is 17.2. The Morgan fingerprint density at radius 2 is 1.87 bits per heavy atom. The Balaban J connectivity index is 0.00000341. The summed E-state index contributed by atoms with van der Waals surface area (Å²) in [5, 5.41) is 16.8. The average molecular weight is 505 g/mol. The van der Waals surface area contributed by atoms with Crippen LogP contribution >= 0.6 is 47.4 Å². The number of halogens is 3. The fraction of sp³-hybridized carbons (Fsp3) is 0.350. The Labute approximate surface area is 202 Å². The van der Waals surface area contributed by atoms with Gasteiger partial charge in [0.05, 0.1) is 11.6 Å². The van der Waals surface area contributed by atoms with Gasteiger partial charge in [-0.2, -0.15) is 0 Å². The van der Waals surface area contributed by atoms with Crippen LogP contribution in [0, 0.1) is 0 Å². The largest absolute Gasteiger partial charge is 0.490 e. The second-order valence-corrected chi connectivity index (χ2v) is 8.27. The molecule has 0 fully saturated rings. The molecule has 0 saturated carbocycles. The first-order valence-electron chi connectivity index (χ1n) is 9.45. The highest BCUT2D eigenvalue weighted by Gasteiger charge is 2.13. The summed E-state index contributed by atoms with van der Waals surface area (Å²) in [5.74, 6) is 2.03. The predicted octanol–water partition coefficient (Wildman–Crippen LogP) is 4.80. The molecule has 0 unspecified atom stereocenters. The molecule has 0 aliphatic heterocycles. The lowest BCUT2D eigenvalue weighted by Gasteiger charge is -2.16. The van der Waals surface area contributed by atoms with Crippen molar-refractivity contribution in [2.24, 2.45) is 7.05 Å². The van der Waals surface area contributed by atoms with Gasteiger partial charge in [-0.3, -0.25) is 0 Å². The predicted molar refractivity (Wildman–Crippen MR) is 127 cm³/mol. The van der Waals surface area contributed by atoms with Gasteiger partial charge in [0, 0.05) is 30.9 Å². The van der Waals surface area contributed by atoms with Crippen molar-refractivity contribution in [2.75, 3.05) is 18.9 Å². The molecule has 1 aromatic heterocycles. The summed E-state index contributed by atoms with van der Waals surface area (Å²) < 4.78 is 13.4. The van der Waals surface area contributed by atoms with Crippen molar-refractivity contribution < 1.29 is 9.47 Å². The maximum Gasteiger partial charge on any atom is 0.209 e. The van der Waals surface area contributed by atoms with E-state index in [1.54, 1.807) is 16.4 Å². The van der Waals surface area contributed by atoms with Gasteiger partial charge in [-0.05, 0) is 52.7 Å². The van der Waals surface area contributed by atoms with E-state index in [2.05, 4.69) is 20.8 Å². The van der Waals surface area contributed by atoms with E-state index in [4.69, 9.17) is 32.7 Å². The number of benzene rings is 2. The summed E-state index contributed by atoms with van der Waals surface area (Å²) in [7, 11) is 1.82. The molecule has 0 atom stereocenters. The lowest BCUT2D eigenvalue weighted by molar-refractivity contribution is 0.269. The maximum absolute atomic E-state index is 6.50. The van der Waals surface area contributed by atoms with E-state index in [0.717, 1.165) is 28.6 Å². The van der Waals surface area contributed by atoms with Crippen molar-refractivity contribution in [3.8, 4) is 11.5 Å². The topological polar surface area (TPSA) is 74.1 Å². The highest BCUT2D eigenvalue weighted by molar-refractivity contribution is 7.99. The van der Waals surface area contributed by atoms with Gasteiger partial charge in [-0.1, -0.05) is 47.1 Å². The molecular weight excluding hydrogens is 481 g/mol. The molecule has 0 aliphatic rings. The highest BCUT2D eigenvalue weighted by atomic mass is 35.5. The summed E-state index contributed by atoms with van der Waals surface area (Å²) in [4.78, 5) is 0. The molecule has 0 radical (unpaired) electrons. The summed E-state index contributed by atoms with van der Waals surface area (Å²) in [5.41, 5.74) is 2.02. The Morgan fingerprint density at radius 3 is 2.55 bits per heavy atom. The molecule has 1 heterocycles. The van der Waals surface area contributed by atoms with Crippen molar-refractivity contribution in [2.45, 2.75) is 25.2 Å². The van der Waals surface area contributed by atoms with E-state index < -0.39 is 0 Å². The van der Waals surface area contributed by atoms with Crippen molar-refractivity contribution >= 4 is 47.4 Å². The first-order valence-corrected chi connectivity index (χ1v) is 11.2. The van der Waals surface area contributed by atoms with Crippen LogP contribution < -0.4 is 14.8 Å². The maximum atomic E-state index is 6.50. The van der Waals surface area contributed by atoms with Gasteiger partial charge in [-0.25, -0.2) is 4.68 Å². The zero-order valence-corrected chi connectivity index (χ0v) is 20.3. The molecule has 11 heteroatoms. The number of thioether (sulfide) groups is 1. The smallest absolute Gasteiger partial charge is 0.209 e. The first-order chi connectivity index (χ1) is 14.6. The quantitative estimate of drug-likeness (QED) is 0.297. The van der Waals surface area contributed by atoms with E-state index in [1.807, 2.05) is 50.4 Å². The molecular formula is C20H24Cl3N5O2S. The van der Waals surface area contributed by atoms with Crippen LogP contribution in [0.4, 0.5) is 0 Å². The van der Waals surface area contributed by atoms with Crippen LogP contribution in [0.1, 0.15) is 18.1 Å². The minimum absolute atomic E-state index is 0. The Kier molecular flexibility index (Phi) is 10.7. The van der Waals surface area contributed by atoms with Crippen LogP contribution in [-0.4, -0.2) is 39.1 Å². The zero-order chi connectivity index (χ0) is 21.3. The monoisotopic (exact) mass is 503 g/mol. The Bertz CT molecular complexity index is 956. The molecule has 168 valence electrons. The number of hydrogen-bond acceptors (Lipinski definition) is 7. The number of tetrazole rings is 1. The van der Waals surface area contributed by atoms with Gasteiger partial charge >= 0.3 is 0 Å². The highest BCUT2D eigenvalue weighted by Crippen LogP contribution is 2.37. The molecule has 31 heavy (non-hydrogen) atoms. The lowest BCUT2D eigenvalue weighted by Crippen LogP contribution is -2.17. The van der Waals surface area contributed by atoms with Crippen LogP contribution in [0.25, 0.3) is 0 Å². The number of aromatic nitrogens is 4. The number of aryl methyl sites for hydroxylation is 1. The molecule has 0 amide bonds. The SMILES string of the molecule is CCOc1cc(CNCCSc2nnnn2C)cc(Cl)c1OCc1ccc(Cl)cc1.Cl. The van der Waals surface area contributed by atoms with Crippen molar-refractivity contribution in [3.05, 3.63) is 57.6 Å². The van der Waals surface area contributed by atoms with Crippen molar-refractivity contribution in [1.82, 2.24) is 25.5 Å². The summed E-state index contributed by atoms with van der Waals surface area (Å²) in [6.07, 6.45) is 0. The fourth-order valence-corrected chi connectivity index (χ4v) is 3.81. The van der Waals surface area contributed by atoms with E-state index in [9.17, 15) is 0 Å². The van der Waals surface area contributed by atoms with Gasteiger partial charge in [-0.15, -0.1) is 17.5 Å². The van der Waals surface area contributed by atoms with Crippen molar-refractivity contribution in [3.63, 3.8) is 0 Å². The molecule has 0 bridgehead atoms. The van der Waals surface area contributed by atoms with E-state index in [1.165, 1.54) is 0 Å². The third-order valence-electron chi connectivity index (χ3n) is 4.09. The van der Waals surface area contributed by atoms with Gasteiger partial charge in [0.2, 0.25) is 5.16 Å². The first kappa shape index (κ1) is 25.5. The van der Waals surface area contributed by atoms with E-state index in [-0.39, 0.29) is 12.4 Å². The number of ether oxygens (including phenoxy) is 2. The number of rotatable bonds is 11. The van der Waals surface area contributed by atoms with Crippen LogP contribution in [0.5, 0.6) is 11.5 Å². The summed E-state index contributed by atoms with van der Waals surface area (Å²) >= 11 is 14.0. The molecule has 0 saturated heterocycles.